The number of sulfonamides is 1. The molecule has 1 N–H and O–H groups in total. The van der Waals surface area contributed by atoms with Crippen LogP contribution in [-0.2, 0) is 26.8 Å². The first-order valence-electron chi connectivity index (χ1n) is 13.1. The number of anilines is 2. The average molecular weight is 540 g/mol. The van der Waals surface area contributed by atoms with Gasteiger partial charge in [-0.1, -0.05) is 23.5 Å². The van der Waals surface area contributed by atoms with Crippen LogP contribution in [0.1, 0.15) is 51.0 Å². The minimum absolute atomic E-state index is 0.0405. The van der Waals surface area contributed by atoms with Gasteiger partial charge in [0.25, 0.3) is 0 Å². The Labute approximate surface area is 221 Å². The lowest BCUT2D eigenvalue weighted by Crippen LogP contribution is -2.48. The van der Waals surface area contributed by atoms with E-state index >= 15 is 0 Å². The summed E-state index contributed by atoms with van der Waals surface area (Å²) in [4.78, 5) is 25.0. The third-order valence-corrected chi connectivity index (χ3v) is 10.8. The standard InChI is InChI=1S/C28H33N3O4S2/c1-3-30-24-9-6-22(13-25(24)36-27(30)33)29-26(32)17-31(37(2,34)35)23-7-4-21(5-8-23)28-14-18-10-19(15-28)12-20(11-18)16-28/h4-9,13,18-20H,3,10-12,14-17H2,1-2H3,(H,29,32). The molecule has 0 aliphatic heterocycles. The number of hydrogen-bond acceptors (Lipinski definition) is 5. The minimum Gasteiger partial charge on any atom is -0.324 e. The number of rotatable bonds is 7. The Bertz CT molecular complexity index is 1490. The van der Waals surface area contributed by atoms with Gasteiger partial charge in [-0.05, 0) is 105 Å². The van der Waals surface area contributed by atoms with E-state index in [1.807, 2.05) is 25.1 Å². The van der Waals surface area contributed by atoms with E-state index < -0.39 is 15.9 Å². The Morgan fingerprint density at radius 2 is 1.68 bits per heavy atom. The fraction of sp³-hybridized carbons (Fsp3) is 0.500. The second-order valence-electron chi connectivity index (χ2n) is 11.4. The Hall–Kier alpha value is -2.65. The Kier molecular flexibility index (Phi) is 5.99. The molecule has 4 aliphatic rings. The summed E-state index contributed by atoms with van der Waals surface area (Å²) in [6.45, 7) is 2.17. The maximum atomic E-state index is 12.9. The Morgan fingerprint density at radius 3 is 2.24 bits per heavy atom. The first-order valence-corrected chi connectivity index (χ1v) is 15.8. The quantitative estimate of drug-likeness (QED) is 0.460. The molecular formula is C28H33N3O4S2. The number of aromatic nitrogens is 1. The number of aryl methyl sites for hydroxylation is 1. The summed E-state index contributed by atoms with van der Waals surface area (Å²) >= 11 is 1.13. The third kappa shape index (κ3) is 4.50. The number of hydrogen-bond donors (Lipinski definition) is 1. The van der Waals surface area contributed by atoms with Gasteiger partial charge in [0.15, 0.2) is 0 Å². The molecule has 0 atom stereocenters. The molecule has 37 heavy (non-hydrogen) atoms. The molecule has 1 amide bonds. The average Bonchev–Trinajstić information content (AvgIpc) is 3.15. The monoisotopic (exact) mass is 539 g/mol. The number of benzene rings is 2. The second-order valence-corrected chi connectivity index (χ2v) is 14.3. The van der Waals surface area contributed by atoms with E-state index in [1.165, 1.54) is 44.1 Å². The van der Waals surface area contributed by atoms with Crippen LogP contribution in [-0.4, -0.2) is 31.7 Å². The molecule has 0 saturated heterocycles. The zero-order valence-corrected chi connectivity index (χ0v) is 22.9. The van der Waals surface area contributed by atoms with Crippen LogP contribution in [0.25, 0.3) is 10.2 Å². The van der Waals surface area contributed by atoms with Crippen molar-refractivity contribution in [1.29, 1.82) is 0 Å². The summed E-state index contributed by atoms with van der Waals surface area (Å²) in [6.07, 6.45) is 9.01. The zero-order chi connectivity index (χ0) is 25.9. The van der Waals surface area contributed by atoms with Crippen molar-refractivity contribution in [2.45, 2.75) is 57.4 Å². The number of carbonyl (C=O) groups is 1. The molecule has 0 unspecified atom stereocenters. The number of thiazole rings is 1. The van der Waals surface area contributed by atoms with Crippen molar-refractivity contribution in [3.8, 4) is 0 Å². The molecule has 7 nitrogen and oxygen atoms in total. The maximum absolute atomic E-state index is 12.9. The summed E-state index contributed by atoms with van der Waals surface area (Å²) in [5.74, 6) is 2.07. The molecule has 196 valence electrons. The molecule has 1 aromatic heterocycles. The molecule has 4 saturated carbocycles. The van der Waals surface area contributed by atoms with Crippen LogP contribution in [0.2, 0.25) is 0 Å². The lowest BCUT2D eigenvalue weighted by Gasteiger charge is -2.57. The fourth-order valence-electron chi connectivity index (χ4n) is 7.62. The highest BCUT2D eigenvalue weighted by Crippen LogP contribution is 2.60. The largest absolute Gasteiger partial charge is 0.324 e. The predicted octanol–water partition coefficient (Wildman–Crippen LogP) is 4.96. The highest BCUT2D eigenvalue weighted by Gasteiger charge is 2.51. The van der Waals surface area contributed by atoms with E-state index in [4.69, 9.17) is 0 Å². The van der Waals surface area contributed by atoms with Crippen molar-refractivity contribution in [2.75, 3.05) is 22.4 Å². The van der Waals surface area contributed by atoms with Gasteiger partial charge in [-0.3, -0.25) is 18.5 Å². The first-order chi connectivity index (χ1) is 17.6. The summed E-state index contributed by atoms with van der Waals surface area (Å²) < 4.78 is 29.0. The van der Waals surface area contributed by atoms with Gasteiger partial charge in [-0.25, -0.2) is 8.42 Å². The lowest BCUT2D eigenvalue weighted by atomic mass is 9.48. The summed E-state index contributed by atoms with van der Waals surface area (Å²) in [5.41, 5.74) is 3.42. The second kappa shape index (κ2) is 8.98. The van der Waals surface area contributed by atoms with Gasteiger partial charge in [-0.2, -0.15) is 0 Å². The number of fused-ring (bicyclic) bond motifs is 1. The zero-order valence-electron chi connectivity index (χ0n) is 21.3. The number of amides is 1. The van der Waals surface area contributed by atoms with Crippen molar-refractivity contribution in [1.82, 2.24) is 4.57 Å². The van der Waals surface area contributed by atoms with E-state index in [-0.39, 0.29) is 16.8 Å². The van der Waals surface area contributed by atoms with Gasteiger partial charge in [0.1, 0.15) is 6.54 Å². The molecule has 0 spiro atoms. The molecule has 1 heterocycles. The van der Waals surface area contributed by atoms with Crippen molar-refractivity contribution < 1.29 is 13.2 Å². The lowest BCUT2D eigenvalue weighted by molar-refractivity contribution is -0.114. The molecule has 7 rings (SSSR count). The van der Waals surface area contributed by atoms with Crippen LogP contribution in [0.3, 0.4) is 0 Å². The first kappa shape index (κ1) is 24.7. The van der Waals surface area contributed by atoms with Crippen LogP contribution < -0.4 is 14.5 Å². The van der Waals surface area contributed by atoms with Crippen LogP contribution in [0.5, 0.6) is 0 Å². The van der Waals surface area contributed by atoms with E-state index in [9.17, 15) is 18.0 Å². The van der Waals surface area contributed by atoms with Crippen molar-refractivity contribution >= 4 is 48.9 Å². The van der Waals surface area contributed by atoms with Crippen LogP contribution in [0, 0.1) is 17.8 Å². The SMILES string of the molecule is CCn1c(=O)sc2cc(NC(=O)CN(c3ccc(C45CC6CC(CC(C6)C4)C5)cc3)S(C)(=O)=O)ccc21. The maximum Gasteiger partial charge on any atom is 0.308 e. The van der Waals surface area contributed by atoms with E-state index in [1.54, 1.807) is 16.7 Å². The van der Waals surface area contributed by atoms with Gasteiger partial charge in [0, 0.05) is 12.2 Å². The van der Waals surface area contributed by atoms with E-state index in [0.717, 1.165) is 49.9 Å². The Morgan fingerprint density at radius 1 is 1.05 bits per heavy atom. The summed E-state index contributed by atoms with van der Waals surface area (Å²) in [6, 6.07) is 13.2. The molecule has 2 aromatic carbocycles. The summed E-state index contributed by atoms with van der Waals surface area (Å²) in [7, 11) is -3.67. The topological polar surface area (TPSA) is 88.5 Å². The van der Waals surface area contributed by atoms with Crippen LogP contribution in [0.15, 0.2) is 47.3 Å². The van der Waals surface area contributed by atoms with E-state index in [0.29, 0.717) is 17.9 Å². The highest BCUT2D eigenvalue weighted by molar-refractivity contribution is 7.92. The van der Waals surface area contributed by atoms with Gasteiger partial charge in [0.2, 0.25) is 15.9 Å². The highest BCUT2D eigenvalue weighted by atomic mass is 32.2. The molecule has 4 fully saturated rings. The normalized spacial score (nSPS) is 26.5. The molecule has 0 radical (unpaired) electrons. The summed E-state index contributed by atoms with van der Waals surface area (Å²) in [5, 5.41) is 2.80. The number of carbonyl (C=O) groups excluding carboxylic acids is 1. The van der Waals surface area contributed by atoms with Crippen molar-refractivity contribution in [3.05, 3.63) is 57.7 Å². The van der Waals surface area contributed by atoms with Gasteiger partial charge in [-0.15, -0.1) is 0 Å². The molecule has 4 aliphatic carbocycles. The van der Waals surface area contributed by atoms with Crippen molar-refractivity contribution in [2.24, 2.45) is 17.8 Å². The predicted molar refractivity (Wildman–Crippen MR) is 149 cm³/mol. The van der Waals surface area contributed by atoms with Crippen LogP contribution >= 0.6 is 11.3 Å². The van der Waals surface area contributed by atoms with Crippen molar-refractivity contribution in [3.63, 3.8) is 0 Å². The van der Waals surface area contributed by atoms with Gasteiger partial charge >= 0.3 is 4.87 Å². The van der Waals surface area contributed by atoms with E-state index in [2.05, 4.69) is 17.4 Å². The van der Waals surface area contributed by atoms with Gasteiger partial charge < -0.3 is 5.32 Å². The minimum atomic E-state index is -3.67. The molecule has 9 heteroatoms. The number of nitrogens with zero attached hydrogens (tertiary/aromatic N) is 2. The third-order valence-electron chi connectivity index (χ3n) is 8.76. The van der Waals surface area contributed by atoms with Gasteiger partial charge in [0.05, 0.1) is 22.2 Å². The fourth-order valence-corrected chi connectivity index (χ4v) is 9.47. The molecular weight excluding hydrogens is 506 g/mol. The molecule has 4 bridgehead atoms. The number of nitrogens with one attached hydrogen (secondary N) is 1. The Balaban J connectivity index is 1.20. The smallest absolute Gasteiger partial charge is 0.308 e. The molecule has 3 aromatic rings. The van der Waals surface area contributed by atoms with Crippen LogP contribution in [0.4, 0.5) is 11.4 Å².